The molecule has 5 fully saturated rings. The number of hydrogen-bond donors (Lipinski definition) is 1. The van der Waals surface area contributed by atoms with E-state index in [1.165, 1.54) is 38.5 Å². The third kappa shape index (κ3) is 1.33. The molecule has 4 bridgehead atoms. The molecule has 0 unspecified atom stereocenters. The van der Waals surface area contributed by atoms with Gasteiger partial charge in [0.2, 0.25) is 0 Å². The van der Waals surface area contributed by atoms with Gasteiger partial charge in [0.1, 0.15) is 0 Å². The molecule has 2 heteroatoms. The average molecular weight is 302 g/mol. The third-order valence-corrected chi connectivity index (χ3v) is 8.92. The number of hydrogen-bond acceptors (Lipinski definition) is 2. The van der Waals surface area contributed by atoms with Crippen LogP contribution >= 0.6 is 0 Å². The van der Waals surface area contributed by atoms with Crippen LogP contribution in [0.25, 0.3) is 0 Å². The summed E-state index contributed by atoms with van der Waals surface area (Å²) in [5, 5.41) is 11.0. The van der Waals surface area contributed by atoms with Gasteiger partial charge in [0, 0.05) is 17.3 Å². The van der Waals surface area contributed by atoms with Crippen molar-refractivity contribution in [3.63, 3.8) is 0 Å². The average Bonchev–Trinajstić information content (AvgIpc) is 2.71. The van der Waals surface area contributed by atoms with Crippen molar-refractivity contribution in [3.8, 4) is 0 Å². The van der Waals surface area contributed by atoms with Crippen LogP contribution in [0.5, 0.6) is 0 Å². The molecule has 122 valence electrons. The van der Waals surface area contributed by atoms with Crippen molar-refractivity contribution in [1.82, 2.24) is 0 Å². The van der Waals surface area contributed by atoms with Crippen molar-refractivity contribution < 1.29 is 9.84 Å². The molecule has 2 aliphatic heterocycles. The van der Waals surface area contributed by atoms with Crippen LogP contribution in [0.1, 0.15) is 65.7 Å². The molecule has 2 nitrogen and oxygen atoms in total. The Balaban J connectivity index is 1.62. The fourth-order valence-corrected chi connectivity index (χ4v) is 7.77. The zero-order valence-electron chi connectivity index (χ0n) is 14.3. The Kier molecular flexibility index (Phi) is 2.34. The van der Waals surface area contributed by atoms with Crippen LogP contribution in [0, 0.1) is 33.5 Å². The Bertz CT molecular complexity index is 554. The quantitative estimate of drug-likeness (QED) is 0.677. The molecule has 0 radical (unpaired) electrons. The summed E-state index contributed by atoms with van der Waals surface area (Å²) >= 11 is 0. The minimum atomic E-state index is -0.876. The predicted octanol–water partition coefficient (Wildman–Crippen LogP) is 4.28. The maximum Gasteiger partial charge on any atom is 0.170 e. The molecule has 1 N–H and O–H groups in total. The molecule has 2 spiro atoms. The van der Waals surface area contributed by atoms with Gasteiger partial charge in [-0.1, -0.05) is 32.9 Å². The maximum atomic E-state index is 11.0. The Morgan fingerprint density at radius 1 is 0.955 bits per heavy atom. The van der Waals surface area contributed by atoms with E-state index in [1.807, 2.05) is 0 Å². The lowest BCUT2D eigenvalue weighted by molar-refractivity contribution is -0.392. The summed E-state index contributed by atoms with van der Waals surface area (Å²) in [6.45, 7) is 7.79. The fourth-order valence-electron chi connectivity index (χ4n) is 7.77. The van der Waals surface area contributed by atoms with E-state index in [-0.39, 0.29) is 5.41 Å². The van der Waals surface area contributed by atoms with E-state index in [4.69, 9.17) is 4.74 Å². The second-order valence-electron chi connectivity index (χ2n) is 10.1. The van der Waals surface area contributed by atoms with Crippen LogP contribution < -0.4 is 0 Å². The standard InChI is InChI=1S/C20H30O2/c1-16(2)14-5-7-18-9-8-17(3,12-18)6-4-15(18)19(14)10-11-20(16,21)22-13-19/h8-9,14-15,21H,4-7,10-13H2,1-3H3/t14-,15-,17+,18+,19+,20+/m0/s1. The SMILES string of the molecule is CC1(C)[C@@H]2CC[C@]34C=C[C@@](C)(CC[C@@H]3[C@@]23CC[C@@]1(O)OC3)C4. The number of fused-ring (bicyclic) bond motifs is 3. The Morgan fingerprint density at radius 2 is 1.73 bits per heavy atom. The lowest BCUT2D eigenvalue weighted by Crippen LogP contribution is -2.71. The van der Waals surface area contributed by atoms with E-state index in [1.54, 1.807) is 0 Å². The highest BCUT2D eigenvalue weighted by atomic mass is 16.6. The Morgan fingerprint density at radius 3 is 2.45 bits per heavy atom. The highest BCUT2D eigenvalue weighted by molar-refractivity contribution is 5.27. The van der Waals surface area contributed by atoms with E-state index < -0.39 is 5.79 Å². The van der Waals surface area contributed by atoms with Crippen LogP contribution in [-0.2, 0) is 4.74 Å². The topological polar surface area (TPSA) is 29.5 Å². The molecule has 0 aromatic rings. The smallest absolute Gasteiger partial charge is 0.170 e. The van der Waals surface area contributed by atoms with Crippen LogP contribution in [0.2, 0.25) is 0 Å². The largest absolute Gasteiger partial charge is 0.365 e. The molecule has 3 saturated carbocycles. The van der Waals surface area contributed by atoms with Crippen LogP contribution in [0.15, 0.2) is 12.2 Å². The molecule has 2 saturated heterocycles. The number of allylic oxidation sites excluding steroid dienone is 2. The van der Waals surface area contributed by atoms with Crippen LogP contribution in [-0.4, -0.2) is 17.5 Å². The first-order valence-corrected chi connectivity index (χ1v) is 9.32. The molecule has 0 aromatic carbocycles. The summed E-state index contributed by atoms with van der Waals surface area (Å²) in [5.74, 6) is 0.523. The summed E-state index contributed by atoms with van der Waals surface area (Å²) in [4.78, 5) is 0. The molecular formula is C20H30O2. The Hall–Kier alpha value is -0.340. The number of ether oxygens (including phenoxy) is 1. The van der Waals surface area contributed by atoms with Gasteiger partial charge in [-0.2, -0.15) is 0 Å². The molecule has 6 aliphatic rings. The second kappa shape index (κ2) is 3.67. The van der Waals surface area contributed by atoms with Gasteiger partial charge in [-0.3, -0.25) is 0 Å². The maximum absolute atomic E-state index is 11.0. The number of aliphatic hydroxyl groups is 1. The minimum Gasteiger partial charge on any atom is -0.365 e. The van der Waals surface area contributed by atoms with E-state index in [9.17, 15) is 5.11 Å². The monoisotopic (exact) mass is 302 g/mol. The van der Waals surface area contributed by atoms with Gasteiger partial charge in [-0.15, -0.1) is 0 Å². The molecular weight excluding hydrogens is 272 g/mol. The third-order valence-electron chi connectivity index (χ3n) is 8.92. The Labute approximate surface area is 134 Å². The van der Waals surface area contributed by atoms with E-state index in [2.05, 4.69) is 32.9 Å². The van der Waals surface area contributed by atoms with E-state index >= 15 is 0 Å². The first-order chi connectivity index (χ1) is 10.3. The van der Waals surface area contributed by atoms with Gasteiger partial charge in [0.15, 0.2) is 5.79 Å². The lowest BCUT2D eigenvalue weighted by Gasteiger charge is -2.71. The van der Waals surface area contributed by atoms with Crippen molar-refractivity contribution >= 4 is 0 Å². The van der Waals surface area contributed by atoms with Crippen molar-refractivity contribution in [3.05, 3.63) is 12.2 Å². The van der Waals surface area contributed by atoms with Gasteiger partial charge in [0.25, 0.3) is 0 Å². The summed E-state index contributed by atoms with van der Waals surface area (Å²) in [6.07, 6.45) is 13.8. The summed E-state index contributed by atoms with van der Waals surface area (Å²) in [6, 6.07) is 0. The van der Waals surface area contributed by atoms with Crippen molar-refractivity contribution in [2.45, 2.75) is 71.5 Å². The molecule has 0 aromatic heterocycles. The number of rotatable bonds is 0. The van der Waals surface area contributed by atoms with Crippen LogP contribution in [0.4, 0.5) is 0 Å². The van der Waals surface area contributed by atoms with Crippen molar-refractivity contribution in [2.75, 3.05) is 6.61 Å². The first kappa shape index (κ1) is 14.0. The van der Waals surface area contributed by atoms with Crippen molar-refractivity contribution in [1.29, 1.82) is 0 Å². The normalized spacial score (nSPS) is 60.9. The molecule has 4 aliphatic carbocycles. The fraction of sp³-hybridized carbons (Fsp3) is 0.900. The summed E-state index contributed by atoms with van der Waals surface area (Å²) in [7, 11) is 0. The van der Waals surface area contributed by atoms with Gasteiger partial charge in [-0.25, -0.2) is 0 Å². The van der Waals surface area contributed by atoms with Gasteiger partial charge in [0.05, 0.1) is 6.61 Å². The minimum absolute atomic E-state index is 0.103. The predicted molar refractivity (Wildman–Crippen MR) is 86.1 cm³/mol. The van der Waals surface area contributed by atoms with Crippen molar-refractivity contribution in [2.24, 2.45) is 33.5 Å². The second-order valence-corrected chi connectivity index (χ2v) is 10.1. The zero-order valence-corrected chi connectivity index (χ0v) is 14.3. The van der Waals surface area contributed by atoms with Gasteiger partial charge >= 0.3 is 0 Å². The van der Waals surface area contributed by atoms with Crippen LogP contribution in [0.3, 0.4) is 0 Å². The molecule has 2 heterocycles. The zero-order chi connectivity index (χ0) is 15.4. The molecule has 0 amide bonds. The van der Waals surface area contributed by atoms with E-state index in [0.29, 0.717) is 22.2 Å². The molecule has 22 heavy (non-hydrogen) atoms. The summed E-state index contributed by atoms with van der Waals surface area (Å²) in [5.41, 5.74) is 1.12. The molecule has 6 atom stereocenters. The van der Waals surface area contributed by atoms with Gasteiger partial charge in [-0.05, 0) is 61.2 Å². The highest BCUT2D eigenvalue weighted by Gasteiger charge is 2.72. The van der Waals surface area contributed by atoms with E-state index in [0.717, 1.165) is 18.9 Å². The molecule has 6 rings (SSSR count). The summed E-state index contributed by atoms with van der Waals surface area (Å²) < 4.78 is 6.15. The lowest BCUT2D eigenvalue weighted by atomic mass is 9.38. The van der Waals surface area contributed by atoms with Gasteiger partial charge < -0.3 is 9.84 Å². The highest BCUT2D eigenvalue weighted by Crippen LogP contribution is 2.74. The first-order valence-electron chi connectivity index (χ1n) is 9.32.